The molecule has 0 rings (SSSR count). The van der Waals surface area contributed by atoms with Gasteiger partial charge in [0.1, 0.15) is 0 Å². The second kappa shape index (κ2) is 5.72. The van der Waals surface area contributed by atoms with E-state index >= 15 is 0 Å². The van der Waals surface area contributed by atoms with Crippen LogP contribution in [0.3, 0.4) is 0 Å². The van der Waals surface area contributed by atoms with Crippen LogP contribution in [-0.4, -0.2) is 0 Å². The van der Waals surface area contributed by atoms with Gasteiger partial charge >= 0.3 is 0 Å². The Hall–Kier alpha value is -1.04. The molecule has 0 aliphatic heterocycles. The zero-order valence-electron chi connectivity index (χ0n) is 7.43. The quantitative estimate of drug-likeness (QED) is 0.422. The van der Waals surface area contributed by atoms with Gasteiger partial charge in [-0.15, -0.1) is 0 Å². The van der Waals surface area contributed by atoms with Gasteiger partial charge < -0.3 is 0 Å². The Morgan fingerprint density at radius 2 is 2.09 bits per heavy atom. The topological polar surface area (TPSA) is 0 Å². The number of hydrogen-bond acceptors (Lipinski definition) is 0. The van der Waals surface area contributed by atoms with Crippen molar-refractivity contribution in [3.63, 3.8) is 0 Å². The summed E-state index contributed by atoms with van der Waals surface area (Å²) in [6.45, 7) is 11.6. The Labute approximate surface area is 69.6 Å². The maximum Gasteiger partial charge on any atom is -0.00759 e. The van der Waals surface area contributed by atoms with E-state index in [1.54, 1.807) is 6.08 Å². The fraction of sp³-hybridized carbons (Fsp3) is 0.273. The molecule has 0 aromatic heterocycles. The summed E-state index contributed by atoms with van der Waals surface area (Å²) in [4.78, 5) is 0. The molecule has 0 amide bonds. The van der Waals surface area contributed by atoms with Crippen LogP contribution in [0, 0.1) is 0 Å². The van der Waals surface area contributed by atoms with Crippen LogP contribution in [0.25, 0.3) is 0 Å². The molecule has 0 aromatic carbocycles. The van der Waals surface area contributed by atoms with Crippen molar-refractivity contribution in [1.29, 1.82) is 0 Å². The molecule has 11 heavy (non-hydrogen) atoms. The molecule has 0 bridgehead atoms. The van der Waals surface area contributed by atoms with Crippen molar-refractivity contribution in [1.82, 2.24) is 0 Å². The molecule has 0 aliphatic rings. The van der Waals surface area contributed by atoms with E-state index in [2.05, 4.69) is 26.2 Å². The van der Waals surface area contributed by atoms with Gasteiger partial charge in [0.15, 0.2) is 0 Å². The second-order valence-corrected chi connectivity index (χ2v) is 2.56. The van der Waals surface area contributed by atoms with Crippen LogP contribution >= 0.6 is 0 Å². The molecule has 0 heteroatoms. The largest absolute Gasteiger partial charge is 0.0991 e. The van der Waals surface area contributed by atoms with Gasteiger partial charge in [-0.05, 0) is 20.3 Å². The average Bonchev–Trinajstić information content (AvgIpc) is 2.00. The SMILES string of the molecule is C=C/C=C\C(=C)C/C(C)=C\C. The number of rotatable bonds is 4. The molecule has 0 saturated carbocycles. The first kappa shape index (κ1) is 9.96. The predicted molar refractivity (Wildman–Crippen MR) is 52.5 cm³/mol. The third kappa shape index (κ3) is 5.41. The lowest BCUT2D eigenvalue weighted by molar-refractivity contribution is 1.15. The molecule has 0 nitrogen and oxygen atoms in total. The summed E-state index contributed by atoms with van der Waals surface area (Å²) in [5, 5.41) is 0. The lowest BCUT2D eigenvalue weighted by Gasteiger charge is -1.98. The van der Waals surface area contributed by atoms with E-state index in [9.17, 15) is 0 Å². The Balaban J connectivity index is 3.88. The van der Waals surface area contributed by atoms with E-state index in [1.807, 2.05) is 19.1 Å². The highest BCUT2D eigenvalue weighted by Gasteiger charge is 1.88. The van der Waals surface area contributed by atoms with E-state index < -0.39 is 0 Å². The molecule has 0 radical (unpaired) electrons. The number of hydrogen-bond donors (Lipinski definition) is 0. The maximum absolute atomic E-state index is 3.90. The van der Waals surface area contributed by atoms with Crippen LogP contribution < -0.4 is 0 Å². The molecule has 0 saturated heterocycles. The molecule has 0 heterocycles. The van der Waals surface area contributed by atoms with Crippen LogP contribution in [0.5, 0.6) is 0 Å². The third-order valence-electron chi connectivity index (χ3n) is 1.47. The van der Waals surface area contributed by atoms with E-state index in [0.717, 1.165) is 12.0 Å². The summed E-state index contributed by atoms with van der Waals surface area (Å²) in [6, 6.07) is 0. The van der Waals surface area contributed by atoms with Crippen molar-refractivity contribution in [3.8, 4) is 0 Å². The summed E-state index contributed by atoms with van der Waals surface area (Å²) >= 11 is 0. The van der Waals surface area contributed by atoms with Crippen LogP contribution in [0.15, 0.2) is 48.6 Å². The minimum Gasteiger partial charge on any atom is -0.0991 e. The van der Waals surface area contributed by atoms with Crippen LogP contribution in [0.2, 0.25) is 0 Å². The van der Waals surface area contributed by atoms with Gasteiger partial charge in [0.25, 0.3) is 0 Å². The predicted octanol–water partition coefficient (Wildman–Crippen LogP) is 3.64. The molecule has 0 N–H and O–H groups in total. The Morgan fingerprint density at radius 3 is 2.55 bits per heavy atom. The van der Waals surface area contributed by atoms with Gasteiger partial charge in [-0.1, -0.05) is 48.6 Å². The molecule has 0 spiro atoms. The van der Waals surface area contributed by atoms with Gasteiger partial charge in [0.05, 0.1) is 0 Å². The molecule has 0 unspecified atom stereocenters. The summed E-state index contributed by atoms with van der Waals surface area (Å²) in [7, 11) is 0. The molecule has 60 valence electrons. The van der Waals surface area contributed by atoms with Crippen molar-refractivity contribution < 1.29 is 0 Å². The van der Waals surface area contributed by atoms with Crippen molar-refractivity contribution in [3.05, 3.63) is 48.6 Å². The second-order valence-electron chi connectivity index (χ2n) is 2.56. The summed E-state index contributed by atoms with van der Waals surface area (Å²) < 4.78 is 0. The van der Waals surface area contributed by atoms with Gasteiger partial charge in [-0.25, -0.2) is 0 Å². The van der Waals surface area contributed by atoms with Crippen molar-refractivity contribution in [2.75, 3.05) is 0 Å². The van der Waals surface area contributed by atoms with Gasteiger partial charge in [0, 0.05) is 0 Å². The van der Waals surface area contributed by atoms with Gasteiger partial charge in [0.2, 0.25) is 0 Å². The van der Waals surface area contributed by atoms with Crippen LogP contribution in [-0.2, 0) is 0 Å². The fourth-order valence-electron chi connectivity index (χ4n) is 0.723. The van der Waals surface area contributed by atoms with Crippen molar-refractivity contribution >= 4 is 0 Å². The molecular weight excluding hydrogens is 132 g/mol. The Bertz CT molecular complexity index is 192. The molecule has 0 aliphatic carbocycles. The highest BCUT2D eigenvalue weighted by molar-refractivity contribution is 5.23. The maximum atomic E-state index is 3.90. The zero-order valence-corrected chi connectivity index (χ0v) is 7.43. The van der Waals surface area contributed by atoms with Gasteiger partial charge in [-0.2, -0.15) is 0 Å². The third-order valence-corrected chi connectivity index (χ3v) is 1.47. The molecule has 0 aromatic rings. The Morgan fingerprint density at radius 1 is 1.45 bits per heavy atom. The molecule has 0 atom stereocenters. The summed E-state index contributed by atoms with van der Waals surface area (Å²) in [6.07, 6.45) is 8.72. The van der Waals surface area contributed by atoms with E-state index in [4.69, 9.17) is 0 Å². The molecule has 0 fully saturated rings. The highest BCUT2D eigenvalue weighted by Crippen LogP contribution is 2.08. The zero-order chi connectivity index (χ0) is 8.69. The summed E-state index contributed by atoms with van der Waals surface area (Å²) in [5.74, 6) is 0. The first-order valence-electron chi connectivity index (χ1n) is 3.79. The standard InChI is InChI=1S/C11H16/c1-5-7-8-11(4)9-10(3)6-2/h5-8H,1,4,9H2,2-3H3/b8-7-,10-6-. The van der Waals surface area contributed by atoms with Crippen molar-refractivity contribution in [2.45, 2.75) is 20.3 Å². The summed E-state index contributed by atoms with van der Waals surface area (Å²) in [5.41, 5.74) is 2.48. The fourth-order valence-corrected chi connectivity index (χ4v) is 0.723. The highest BCUT2D eigenvalue weighted by atomic mass is 13.9. The minimum absolute atomic E-state index is 0.959. The number of allylic oxidation sites excluding steroid dienone is 6. The average molecular weight is 148 g/mol. The lowest BCUT2D eigenvalue weighted by atomic mass is 10.1. The monoisotopic (exact) mass is 148 g/mol. The molecular formula is C11H16. The first-order chi connectivity index (χ1) is 5.20. The van der Waals surface area contributed by atoms with E-state index in [0.29, 0.717) is 0 Å². The van der Waals surface area contributed by atoms with E-state index in [1.165, 1.54) is 5.57 Å². The lowest BCUT2D eigenvalue weighted by Crippen LogP contribution is -1.77. The van der Waals surface area contributed by atoms with E-state index in [-0.39, 0.29) is 0 Å². The normalized spacial score (nSPS) is 12.0. The first-order valence-corrected chi connectivity index (χ1v) is 3.79. The van der Waals surface area contributed by atoms with Crippen LogP contribution in [0.1, 0.15) is 20.3 Å². The smallest absolute Gasteiger partial charge is 0.00759 e. The minimum atomic E-state index is 0.959. The van der Waals surface area contributed by atoms with Crippen LogP contribution in [0.4, 0.5) is 0 Å². The Kier molecular flexibility index (Phi) is 5.18. The van der Waals surface area contributed by atoms with Crippen molar-refractivity contribution in [2.24, 2.45) is 0 Å². The van der Waals surface area contributed by atoms with Gasteiger partial charge in [-0.3, -0.25) is 0 Å².